The fraction of sp³-hybridized carbons (Fsp3) is 0.250. The maximum atomic E-state index is 13.4. The molecule has 0 radical (unpaired) electrons. The SMILES string of the molecule is Cn1cccc1C[C@H]1[C@@H](O)c2ccccc2S(=O)(=O)N1Cc1cccnc1. The van der Waals surface area contributed by atoms with Gasteiger partial charge in [-0.05, 0) is 29.8 Å². The third kappa shape index (κ3) is 3.18. The summed E-state index contributed by atoms with van der Waals surface area (Å²) in [5.74, 6) is 0. The fourth-order valence-electron chi connectivity index (χ4n) is 3.64. The molecular weight excluding hydrogens is 362 g/mol. The van der Waals surface area contributed by atoms with E-state index in [4.69, 9.17) is 0 Å². The Morgan fingerprint density at radius 2 is 1.93 bits per heavy atom. The van der Waals surface area contributed by atoms with E-state index in [0.29, 0.717) is 12.0 Å². The second-order valence-corrected chi connectivity index (χ2v) is 8.64. The largest absolute Gasteiger partial charge is 0.387 e. The van der Waals surface area contributed by atoms with E-state index in [2.05, 4.69) is 4.98 Å². The molecular formula is C20H21N3O3S. The lowest BCUT2D eigenvalue weighted by Crippen LogP contribution is -2.48. The molecule has 4 rings (SSSR count). The van der Waals surface area contributed by atoms with Crippen molar-refractivity contribution >= 4 is 10.0 Å². The second kappa shape index (κ2) is 6.92. The van der Waals surface area contributed by atoms with E-state index in [1.54, 1.807) is 42.7 Å². The number of rotatable bonds is 4. The van der Waals surface area contributed by atoms with Crippen molar-refractivity contribution in [2.45, 2.75) is 30.0 Å². The van der Waals surface area contributed by atoms with Gasteiger partial charge in [0.05, 0.1) is 17.0 Å². The molecule has 140 valence electrons. The van der Waals surface area contributed by atoms with Gasteiger partial charge in [0, 0.05) is 49.9 Å². The van der Waals surface area contributed by atoms with Crippen molar-refractivity contribution in [2.24, 2.45) is 7.05 Å². The van der Waals surface area contributed by atoms with Crippen molar-refractivity contribution in [3.8, 4) is 0 Å². The first kappa shape index (κ1) is 17.9. The third-order valence-electron chi connectivity index (χ3n) is 5.09. The maximum absolute atomic E-state index is 13.4. The zero-order chi connectivity index (χ0) is 19.0. The summed E-state index contributed by atoms with van der Waals surface area (Å²) in [5.41, 5.74) is 2.20. The zero-order valence-electron chi connectivity index (χ0n) is 14.9. The summed E-state index contributed by atoms with van der Waals surface area (Å²) in [6.07, 6.45) is 4.73. The molecule has 2 atom stereocenters. The van der Waals surface area contributed by atoms with Crippen molar-refractivity contribution < 1.29 is 13.5 Å². The second-order valence-electron chi connectivity index (χ2n) is 6.78. The molecule has 0 bridgehead atoms. The lowest BCUT2D eigenvalue weighted by molar-refractivity contribution is 0.0760. The molecule has 3 aromatic rings. The van der Waals surface area contributed by atoms with E-state index in [-0.39, 0.29) is 11.4 Å². The Bertz CT molecular complexity index is 1050. The number of fused-ring (bicyclic) bond motifs is 1. The molecule has 0 spiro atoms. The Labute approximate surface area is 158 Å². The van der Waals surface area contributed by atoms with Gasteiger partial charge >= 0.3 is 0 Å². The highest BCUT2D eigenvalue weighted by Crippen LogP contribution is 2.38. The van der Waals surface area contributed by atoms with Crippen LogP contribution in [0.3, 0.4) is 0 Å². The predicted octanol–water partition coefficient (Wildman–Crippen LogP) is 2.27. The Kier molecular flexibility index (Phi) is 4.59. The maximum Gasteiger partial charge on any atom is 0.244 e. The Hall–Kier alpha value is -2.48. The number of nitrogens with zero attached hydrogens (tertiary/aromatic N) is 3. The number of sulfonamides is 1. The quantitative estimate of drug-likeness (QED) is 0.750. The minimum atomic E-state index is -3.74. The molecule has 27 heavy (non-hydrogen) atoms. The van der Waals surface area contributed by atoms with Crippen molar-refractivity contribution in [3.63, 3.8) is 0 Å². The smallest absolute Gasteiger partial charge is 0.244 e. The molecule has 1 aromatic carbocycles. The summed E-state index contributed by atoms with van der Waals surface area (Å²) in [5, 5.41) is 11.1. The van der Waals surface area contributed by atoms with Crippen LogP contribution in [0.15, 0.2) is 72.0 Å². The molecule has 0 fully saturated rings. The number of aromatic nitrogens is 2. The van der Waals surface area contributed by atoms with Gasteiger partial charge in [0.1, 0.15) is 0 Å². The van der Waals surface area contributed by atoms with Gasteiger partial charge in [0.15, 0.2) is 0 Å². The molecule has 2 aromatic heterocycles. The van der Waals surface area contributed by atoms with E-state index in [9.17, 15) is 13.5 Å². The van der Waals surface area contributed by atoms with Crippen molar-refractivity contribution in [1.29, 1.82) is 0 Å². The summed E-state index contributed by atoms with van der Waals surface area (Å²) in [4.78, 5) is 4.26. The van der Waals surface area contributed by atoms with Gasteiger partial charge < -0.3 is 9.67 Å². The molecule has 0 saturated carbocycles. The van der Waals surface area contributed by atoms with Crippen LogP contribution in [0.2, 0.25) is 0 Å². The van der Waals surface area contributed by atoms with Gasteiger partial charge in [0.25, 0.3) is 0 Å². The summed E-state index contributed by atoms with van der Waals surface area (Å²) in [6.45, 7) is 0.163. The molecule has 1 N–H and O–H groups in total. The van der Waals surface area contributed by atoms with Crippen LogP contribution < -0.4 is 0 Å². The number of aryl methyl sites for hydroxylation is 1. The normalized spacial score (nSPS) is 21.7. The van der Waals surface area contributed by atoms with Crippen molar-refractivity contribution in [2.75, 3.05) is 0 Å². The van der Waals surface area contributed by atoms with Crippen LogP contribution in [-0.4, -0.2) is 33.4 Å². The molecule has 6 nitrogen and oxygen atoms in total. The Morgan fingerprint density at radius 1 is 1.11 bits per heavy atom. The lowest BCUT2D eigenvalue weighted by Gasteiger charge is -2.39. The molecule has 3 heterocycles. The number of aliphatic hydroxyl groups excluding tert-OH is 1. The van der Waals surface area contributed by atoms with Crippen LogP contribution in [0, 0.1) is 0 Å². The van der Waals surface area contributed by atoms with Crippen LogP contribution in [-0.2, 0) is 30.0 Å². The van der Waals surface area contributed by atoms with Crippen LogP contribution >= 0.6 is 0 Å². The molecule has 7 heteroatoms. The molecule has 1 aliphatic rings. The minimum Gasteiger partial charge on any atom is -0.387 e. The highest BCUT2D eigenvalue weighted by Gasteiger charge is 2.43. The van der Waals surface area contributed by atoms with Gasteiger partial charge in [-0.25, -0.2) is 8.42 Å². The van der Waals surface area contributed by atoms with Crippen LogP contribution in [0.4, 0.5) is 0 Å². The minimum absolute atomic E-state index is 0.163. The molecule has 0 unspecified atom stereocenters. The molecule has 0 amide bonds. The average Bonchev–Trinajstić information content (AvgIpc) is 3.08. The standard InChI is InChI=1S/C20H21N3O3S/c1-22-11-5-7-16(22)12-18-20(24)17-8-2-3-9-19(17)27(25,26)23(18)14-15-6-4-10-21-13-15/h2-11,13,18,20,24H,12,14H2,1H3/t18-,20-/m0/s1. The average molecular weight is 383 g/mol. The molecule has 0 saturated heterocycles. The molecule has 0 aliphatic carbocycles. The highest BCUT2D eigenvalue weighted by atomic mass is 32.2. The topological polar surface area (TPSA) is 75.4 Å². The Morgan fingerprint density at radius 3 is 2.63 bits per heavy atom. The van der Waals surface area contributed by atoms with Crippen LogP contribution in [0.1, 0.15) is 22.9 Å². The number of aliphatic hydroxyl groups is 1. The van der Waals surface area contributed by atoms with Crippen LogP contribution in [0.25, 0.3) is 0 Å². The first-order chi connectivity index (χ1) is 13.0. The monoisotopic (exact) mass is 383 g/mol. The van der Waals surface area contributed by atoms with Crippen molar-refractivity contribution in [3.05, 3.63) is 83.9 Å². The zero-order valence-corrected chi connectivity index (χ0v) is 15.7. The Balaban J connectivity index is 1.81. The van der Waals surface area contributed by atoms with Crippen LogP contribution in [0.5, 0.6) is 0 Å². The summed E-state index contributed by atoms with van der Waals surface area (Å²) >= 11 is 0. The number of hydrogen-bond donors (Lipinski definition) is 1. The predicted molar refractivity (Wildman–Crippen MR) is 101 cm³/mol. The first-order valence-corrected chi connectivity index (χ1v) is 10.2. The van der Waals surface area contributed by atoms with E-state index < -0.39 is 22.2 Å². The van der Waals surface area contributed by atoms with Crippen molar-refractivity contribution in [1.82, 2.24) is 13.9 Å². The molecule has 1 aliphatic heterocycles. The fourth-order valence-corrected chi connectivity index (χ4v) is 5.49. The summed E-state index contributed by atoms with van der Waals surface area (Å²) in [6, 6.07) is 13.6. The van der Waals surface area contributed by atoms with E-state index >= 15 is 0 Å². The summed E-state index contributed by atoms with van der Waals surface area (Å²) < 4.78 is 30.1. The van der Waals surface area contributed by atoms with E-state index in [1.807, 2.05) is 36.0 Å². The van der Waals surface area contributed by atoms with Gasteiger partial charge in [-0.2, -0.15) is 4.31 Å². The number of benzene rings is 1. The summed E-state index contributed by atoms with van der Waals surface area (Å²) in [7, 11) is -1.83. The van der Waals surface area contributed by atoms with Gasteiger partial charge in [-0.1, -0.05) is 24.3 Å². The number of hydrogen-bond acceptors (Lipinski definition) is 4. The highest BCUT2D eigenvalue weighted by molar-refractivity contribution is 7.89. The van der Waals surface area contributed by atoms with E-state index in [1.165, 1.54) is 4.31 Å². The van der Waals surface area contributed by atoms with Gasteiger partial charge in [0.2, 0.25) is 10.0 Å². The first-order valence-electron chi connectivity index (χ1n) is 8.76. The van der Waals surface area contributed by atoms with Gasteiger partial charge in [-0.15, -0.1) is 0 Å². The third-order valence-corrected chi connectivity index (χ3v) is 7.03. The number of pyridine rings is 1. The van der Waals surface area contributed by atoms with E-state index in [0.717, 1.165) is 11.3 Å². The van der Waals surface area contributed by atoms with Gasteiger partial charge in [-0.3, -0.25) is 4.98 Å². The lowest BCUT2D eigenvalue weighted by atomic mass is 9.97.